The average Bonchev–Trinajstić information content (AvgIpc) is 2.80. The van der Waals surface area contributed by atoms with Crippen LogP contribution in [0.15, 0.2) is 71.9 Å². The summed E-state index contributed by atoms with van der Waals surface area (Å²) in [4.78, 5) is 22.2. The molecule has 160 valence electrons. The summed E-state index contributed by atoms with van der Waals surface area (Å²) in [6, 6.07) is 18.0. The largest absolute Gasteiger partial charge is 0.354 e. The van der Waals surface area contributed by atoms with E-state index in [9.17, 15) is 13.2 Å². The topological polar surface area (TPSA) is 95.5 Å². The average molecular weight is 438 g/mol. The van der Waals surface area contributed by atoms with Gasteiger partial charge >= 0.3 is 0 Å². The fourth-order valence-corrected chi connectivity index (χ4v) is 4.93. The van der Waals surface area contributed by atoms with Crippen LogP contribution in [-0.2, 0) is 14.8 Å². The molecule has 2 aromatic carbocycles. The highest BCUT2D eigenvalue weighted by Gasteiger charge is 2.29. The molecule has 0 unspecified atom stereocenters. The maximum Gasteiger partial charge on any atom is 0.243 e. The summed E-state index contributed by atoms with van der Waals surface area (Å²) in [5.74, 6) is 0.581. The summed E-state index contributed by atoms with van der Waals surface area (Å²) in [6.45, 7) is 3.20. The molecule has 1 aliphatic rings. The number of hydrogen-bond acceptors (Lipinski definition) is 6. The van der Waals surface area contributed by atoms with Crippen molar-refractivity contribution >= 4 is 27.4 Å². The van der Waals surface area contributed by atoms with E-state index >= 15 is 0 Å². The number of nitrogens with zero attached hydrogens (tertiary/aromatic N) is 4. The van der Waals surface area contributed by atoms with E-state index < -0.39 is 10.0 Å². The molecular formula is C22H23N5O3S. The van der Waals surface area contributed by atoms with Crippen molar-refractivity contribution < 1.29 is 13.2 Å². The zero-order valence-corrected chi connectivity index (χ0v) is 17.9. The Morgan fingerprint density at radius 1 is 0.935 bits per heavy atom. The van der Waals surface area contributed by atoms with E-state index in [1.165, 1.54) is 29.7 Å². The van der Waals surface area contributed by atoms with E-state index in [1.54, 1.807) is 12.1 Å². The van der Waals surface area contributed by atoms with Crippen molar-refractivity contribution in [3.63, 3.8) is 0 Å². The number of nitrogens with one attached hydrogen (secondary N) is 1. The van der Waals surface area contributed by atoms with Gasteiger partial charge in [0.15, 0.2) is 0 Å². The first-order chi connectivity index (χ1) is 14.9. The maximum atomic E-state index is 13.0. The molecule has 1 N–H and O–H groups in total. The lowest BCUT2D eigenvalue weighted by atomic mass is 10.1. The molecule has 0 atom stereocenters. The molecule has 1 amide bonds. The predicted octanol–water partition coefficient (Wildman–Crippen LogP) is 2.61. The minimum absolute atomic E-state index is 0.202. The molecule has 0 aliphatic carbocycles. The van der Waals surface area contributed by atoms with Crippen molar-refractivity contribution in [2.45, 2.75) is 11.8 Å². The Morgan fingerprint density at radius 2 is 1.61 bits per heavy atom. The molecule has 0 spiro atoms. The van der Waals surface area contributed by atoms with Crippen LogP contribution in [0.25, 0.3) is 11.3 Å². The van der Waals surface area contributed by atoms with Crippen molar-refractivity contribution in [3.05, 3.63) is 67.0 Å². The summed E-state index contributed by atoms with van der Waals surface area (Å²) in [6.07, 6.45) is 1.54. The van der Waals surface area contributed by atoms with Gasteiger partial charge in [0.1, 0.15) is 12.1 Å². The Morgan fingerprint density at radius 3 is 2.26 bits per heavy atom. The second-order valence-corrected chi connectivity index (χ2v) is 9.16. The fourth-order valence-electron chi connectivity index (χ4n) is 3.51. The van der Waals surface area contributed by atoms with Crippen LogP contribution in [0.4, 0.5) is 11.5 Å². The zero-order chi connectivity index (χ0) is 21.8. The highest BCUT2D eigenvalue weighted by molar-refractivity contribution is 7.89. The first-order valence-electron chi connectivity index (χ1n) is 9.94. The van der Waals surface area contributed by atoms with Crippen LogP contribution in [0.3, 0.4) is 0 Å². The maximum absolute atomic E-state index is 13.0. The Bertz CT molecular complexity index is 1160. The third-order valence-electron chi connectivity index (χ3n) is 5.10. The van der Waals surface area contributed by atoms with Gasteiger partial charge in [-0.3, -0.25) is 4.79 Å². The molecule has 0 saturated carbocycles. The number of sulfonamides is 1. The number of hydrogen-bond donors (Lipinski definition) is 1. The van der Waals surface area contributed by atoms with Gasteiger partial charge < -0.3 is 10.2 Å². The lowest BCUT2D eigenvalue weighted by Gasteiger charge is -2.34. The normalized spacial score (nSPS) is 14.9. The van der Waals surface area contributed by atoms with Crippen molar-refractivity contribution in [1.29, 1.82) is 0 Å². The molecule has 9 heteroatoms. The number of piperazine rings is 1. The van der Waals surface area contributed by atoms with Gasteiger partial charge in [0.2, 0.25) is 15.9 Å². The summed E-state index contributed by atoms with van der Waals surface area (Å²) in [5.41, 5.74) is 2.41. The smallest absolute Gasteiger partial charge is 0.243 e. The van der Waals surface area contributed by atoms with E-state index in [2.05, 4.69) is 20.2 Å². The summed E-state index contributed by atoms with van der Waals surface area (Å²) >= 11 is 0. The lowest BCUT2D eigenvalue weighted by molar-refractivity contribution is -0.114. The van der Waals surface area contributed by atoms with Crippen LogP contribution < -0.4 is 10.2 Å². The molecule has 1 saturated heterocycles. The third kappa shape index (κ3) is 4.73. The van der Waals surface area contributed by atoms with E-state index in [4.69, 9.17) is 0 Å². The van der Waals surface area contributed by atoms with Crippen LogP contribution in [0.2, 0.25) is 0 Å². The van der Waals surface area contributed by atoms with Crippen LogP contribution in [0.1, 0.15) is 6.92 Å². The monoisotopic (exact) mass is 437 g/mol. The third-order valence-corrected chi connectivity index (χ3v) is 7.01. The second-order valence-electron chi connectivity index (χ2n) is 7.22. The van der Waals surface area contributed by atoms with Crippen molar-refractivity contribution in [2.24, 2.45) is 0 Å². The second kappa shape index (κ2) is 8.83. The molecule has 31 heavy (non-hydrogen) atoms. The van der Waals surface area contributed by atoms with Gasteiger partial charge in [-0.2, -0.15) is 4.31 Å². The molecule has 0 bridgehead atoms. The molecule has 0 radical (unpaired) electrons. The van der Waals surface area contributed by atoms with Gasteiger partial charge in [-0.1, -0.05) is 30.3 Å². The highest BCUT2D eigenvalue weighted by Crippen LogP contribution is 2.24. The molecular weight excluding hydrogens is 414 g/mol. The van der Waals surface area contributed by atoms with Gasteiger partial charge in [0, 0.05) is 50.4 Å². The number of rotatable bonds is 5. The molecule has 1 fully saturated rings. The van der Waals surface area contributed by atoms with Crippen molar-refractivity contribution in [2.75, 3.05) is 36.4 Å². The molecule has 1 aliphatic heterocycles. The SMILES string of the molecule is CC(=O)Nc1ccc(S(=O)(=O)N2CCN(c3cc(-c4ccccc4)ncn3)CC2)cc1. The molecule has 4 rings (SSSR count). The minimum Gasteiger partial charge on any atom is -0.354 e. The first kappa shape index (κ1) is 21.0. The molecule has 3 aromatic rings. The number of aromatic nitrogens is 2. The number of benzene rings is 2. The van der Waals surface area contributed by atoms with Crippen molar-refractivity contribution in [3.8, 4) is 11.3 Å². The Kier molecular flexibility index (Phi) is 5.97. The first-order valence-corrected chi connectivity index (χ1v) is 11.4. The molecule has 8 nitrogen and oxygen atoms in total. The van der Waals surface area contributed by atoms with Crippen LogP contribution in [0, 0.1) is 0 Å². The lowest BCUT2D eigenvalue weighted by Crippen LogP contribution is -2.48. The number of carbonyl (C=O) groups is 1. The highest BCUT2D eigenvalue weighted by atomic mass is 32.2. The standard InChI is InChI=1S/C22H23N5O3S/c1-17(28)25-19-7-9-20(10-8-19)31(29,30)27-13-11-26(12-14-27)22-15-21(23-16-24-22)18-5-3-2-4-6-18/h2-10,15-16H,11-14H2,1H3,(H,25,28). The van der Waals surface area contributed by atoms with Crippen LogP contribution >= 0.6 is 0 Å². The van der Waals surface area contributed by atoms with Crippen molar-refractivity contribution in [1.82, 2.24) is 14.3 Å². The summed E-state index contributed by atoms with van der Waals surface area (Å²) < 4.78 is 27.5. The van der Waals surface area contributed by atoms with Gasteiger partial charge in [0.25, 0.3) is 0 Å². The molecule has 2 heterocycles. The minimum atomic E-state index is -3.60. The Balaban J connectivity index is 1.44. The van der Waals surface area contributed by atoms with Gasteiger partial charge in [0.05, 0.1) is 10.6 Å². The van der Waals surface area contributed by atoms with Crippen LogP contribution in [0.5, 0.6) is 0 Å². The summed E-state index contributed by atoms with van der Waals surface area (Å²) in [7, 11) is -3.60. The fraction of sp³-hybridized carbons (Fsp3) is 0.227. The summed E-state index contributed by atoms with van der Waals surface area (Å²) in [5, 5.41) is 2.64. The number of amides is 1. The zero-order valence-electron chi connectivity index (χ0n) is 17.1. The number of anilines is 2. The Labute approximate surface area is 181 Å². The van der Waals surface area contributed by atoms with E-state index in [-0.39, 0.29) is 10.8 Å². The predicted molar refractivity (Wildman–Crippen MR) is 119 cm³/mol. The van der Waals surface area contributed by atoms with E-state index in [0.29, 0.717) is 31.9 Å². The van der Waals surface area contributed by atoms with Gasteiger partial charge in [-0.15, -0.1) is 0 Å². The molecule has 1 aromatic heterocycles. The van der Waals surface area contributed by atoms with E-state index in [1.807, 2.05) is 36.4 Å². The quantitative estimate of drug-likeness (QED) is 0.659. The van der Waals surface area contributed by atoms with Gasteiger partial charge in [-0.25, -0.2) is 18.4 Å². The Hall–Kier alpha value is -3.30. The van der Waals surface area contributed by atoms with Crippen LogP contribution in [-0.4, -0.2) is 54.8 Å². The number of carbonyl (C=O) groups excluding carboxylic acids is 1. The van der Waals surface area contributed by atoms with Gasteiger partial charge in [-0.05, 0) is 24.3 Å². The van der Waals surface area contributed by atoms with E-state index in [0.717, 1.165) is 17.1 Å².